The molecule has 1 aliphatic rings. The molecule has 0 aliphatic carbocycles. The maximum Gasteiger partial charge on any atom is 0.335 e. The SMILES string of the molecule is NCCCOCCOCCOCCCN.O=C(CCn1cccc1)NCCCOCCOCCOCCCNC(=O)CCn1cccc1.O=C(CCn1cccc1)ON1C(=O)CCC1=O. The van der Waals surface area contributed by atoms with E-state index in [0.717, 1.165) is 25.7 Å². The van der Waals surface area contributed by atoms with Crippen molar-refractivity contribution in [1.29, 1.82) is 0 Å². The van der Waals surface area contributed by atoms with Gasteiger partial charge in [0.05, 0.1) is 59.3 Å². The van der Waals surface area contributed by atoms with Crippen LogP contribution in [0.5, 0.6) is 0 Å². The van der Waals surface area contributed by atoms with Crippen LogP contribution < -0.4 is 22.1 Å². The largest absolute Gasteiger partial charge is 0.379 e. The van der Waals surface area contributed by atoms with Crippen molar-refractivity contribution < 1.29 is 57.2 Å². The van der Waals surface area contributed by atoms with E-state index in [9.17, 15) is 24.0 Å². The Labute approximate surface area is 383 Å². The van der Waals surface area contributed by atoms with Crippen LogP contribution >= 0.6 is 0 Å². The van der Waals surface area contributed by atoms with Crippen molar-refractivity contribution in [3.8, 4) is 0 Å². The number of nitrogens with one attached hydrogen (secondary N) is 2. The first-order chi connectivity index (χ1) is 31.8. The molecule has 1 aliphatic heterocycles. The van der Waals surface area contributed by atoms with Crippen LogP contribution in [-0.2, 0) is 76.9 Å². The summed E-state index contributed by atoms with van der Waals surface area (Å²) in [6.45, 7) is 11.6. The third-order valence-corrected chi connectivity index (χ3v) is 9.01. The average molecular weight is 919 g/mol. The number of amides is 4. The van der Waals surface area contributed by atoms with E-state index in [1.54, 1.807) is 0 Å². The molecule has 0 unspecified atom stereocenters. The lowest BCUT2D eigenvalue weighted by molar-refractivity contribution is -0.197. The smallest absolute Gasteiger partial charge is 0.335 e. The van der Waals surface area contributed by atoms with Crippen molar-refractivity contribution >= 4 is 29.6 Å². The summed E-state index contributed by atoms with van der Waals surface area (Å²) < 4.78 is 38.0. The van der Waals surface area contributed by atoms with Gasteiger partial charge < -0.3 is 69.1 Å². The zero-order chi connectivity index (χ0) is 46.8. The Bertz CT molecular complexity index is 1520. The van der Waals surface area contributed by atoms with Crippen LogP contribution in [0, 0.1) is 0 Å². The number of carbonyl (C=O) groups excluding carboxylic acids is 5. The lowest BCUT2D eigenvalue weighted by Crippen LogP contribution is -2.32. The first kappa shape index (κ1) is 56.2. The Morgan fingerprint density at radius 2 is 0.769 bits per heavy atom. The van der Waals surface area contributed by atoms with Gasteiger partial charge in [0.15, 0.2) is 0 Å². The number of nitrogens with two attached hydrogens (primary N) is 2. The highest BCUT2D eigenvalue weighted by Crippen LogP contribution is 2.12. The first-order valence-corrected chi connectivity index (χ1v) is 22.6. The molecule has 20 heteroatoms. The fourth-order valence-corrected chi connectivity index (χ4v) is 5.48. The Kier molecular flexibility index (Phi) is 34.1. The second-order valence-electron chi connectivity index (χ2n) is 14.4. The van der Waals surface area contributed by atoms with Gasteiger partial charge in [-0.15, -0.1) is 5.06 Å². The van der Waals surface area contributed by atoms with Gasteiger partial charge in [0.1, 0.15) is 0 Å². The van der Waals surface area contributed by atoms with Crippen molar-refractivity contribution in [3.63, 3.8) is 0 Å². The topological polar surface area (TPSA) is 244 Å². The highest BCUT2D eigenvalue weighted by molar-refractivity contribution is 6.01. The van der Waals surface area contributed by atoms with Crippen molar-refractivity contribution in [1.82, 2.24) is 29.4 Å². The van der Waals surface area contributed by atoms with E-state index >= 15 is 0 Å². The second kappa shape index (κ2) is 39.4. The van der Waals surface area contributed by atoms with E-state index in [1.165, 1.54) is 0 Å². The highest BCUT2D eigenvalue weighted by atomic mass is 16.7. The van der Waals surface area contributed by atoms with Gasteiger partial charge in [0, 0.05) is 122 Å². The molecule has 20 nitrogen and oxygen atoms in total. The molecule has 0 bridgehead atoms. The number of hydrogen-bond donors (Lipinski definition) is 4. The van der Waals surface area contributed by atoms with Crippen LogP contribution in [0.4, 0.5) is 0 Å². The summed E-state index contributed by atoms with van der Waals surface area (Å²) in [6, 6.07) is 11.5. The Hall–Kier alpha value is -4.93. The normalized spacial score (nSPS) is 12.1. The number of rotatable bonds is 36. The van der Waals surface area contributed by atoms with Crippen LogP contribution in [0.15, 0.2) is 73.6 Å². The molecule has 4 heterocycles. The molecule has 1 saturated heterocycles. The number of carbonyl (C=O) groups is 5. The Balaban J connectivity index is 0.000000378. The summed E-state index contributed by atoms with van der Waals surface area (Å²) in [5.41, 5.74) is 10.6. The third kappa shape index (κ3) is 31.6. The quantitative estimate of drug-likeness (QED) is 0.0482. The zero-order valence-corrected chi connectivity index (χ0v) is 38.1. The number of hydroxylamine groups is 2. The van der Waals surface area contributed by atoms with E-state index < -0.39 is 17.8 Å². The summed E-state index contributed by atoms with van der Waals surface area (Å²) in [4.78, 5) is 61.9. The average Bonchev–Trinajstić information content (AvgIpc) is 4.17. The number of aromatic nitrogens is 3. The number of nitrogens with zero attached hydrogens (tertiary/aromatic N) is 4. The summed E-state index contributed by atoms with van der Waals surface area (Å²) >= 11 is 0. The van der Waals surface area contributed by atoms with Crippen LogP contribution in [0.2, 0.25) is 0 Å². The van der Waals surface area contributed by atoms with E-state index in [4.69, 9.17) is 44.7 Å². The van der Waals surface area contributed by atoms with Gasteiger partial charge in [-0.1, -0.05) is 0 Å². The molecular formula is C45H74N8O12. The minimum absolute atomic E-state index is 0.0576. The standard InChI is InChI=1S/C24H38N4O5.C11H12N2O4.C10H24N2O3/c29-23(7-15-27-11-1-2-12-27)25-9-5-17-31-19-21-33-22-20-32-18-6-10-26-24(30)8-16-28-13-3-4-14-28;14-9-3-4-10(15)13(9)17-11(16)5-8-12-6-1-2-7-12;11-3-1-5-13-7-9-15-10-8-14-6-2-4-12/h1-4,11-14H,5-10,15-22H2,(H,25,29)(H,26,30);1-2,6-7H,3-5,8H2;1-12H2. The van der Waals surface area contributed by atoms with Crippen LogP contribution in [0.1, 0.15) is 57.8 Å². The van der Waals surface area contributed by atoms with Crippen molar-refractivity contribution in [2.75, 3.05) is 105 Å². The van der Waals surface area contributed by atoms with Crippen LogP contribution in [-0.4, -0.2) is 154 Å². The number of hydrogen-bond acceptors (Lipinski definition) is 14. The van der Waals surface area contributed by atoms with Crippen molar-refractivity contribution in [3.05, 3.63) is 73.6 Å². The molecule has 3 aromatic heterocycles. The van der Waals surface area contributed by atoms with Crippen LogP contribution in [0.3, 0.4) is 0 Å². The molecular weight excluding hydrogens is 845 g/mol. The predicted octanol–water partition coefficient (Wildman–Crippen LogP) is 2.05. The van der Waals surface area contributed by atoms with Crippen molar-refractivity contribution in [2.45, 2.75) is 77.4 Å². The summed E-state index contributed by atoms with van der Waals surface area (Å²) in [6.07, 6.45) is 16.1. The van der Waals surface area contributed by atoms with Gasteiger partial charge >= 0.3 is 5.97 Å². The lowest BCUT2D eigenvalue weighted by Gasteiger charge is -2.12. The summed E-state index contributed by atoms with van der Waals surface area (Å²) in [7, 11) is 0. The van der Waals surface area contributed by atoms with Gasteiger partial charge in [-0.2, -0.15) is 0 Å². The molecule has 4 rings (SSSR count). The van der Waals surface area contributed by atoms with E-state index in [0.29, 0.717) is 143 Å². The molecule has 0 spiro atoms. The number of imide groups is 1. The molecule has 4 amide bonds. The van der Waals surface area contributed by atoms with Gasteiger partial charge in [-0.3, -0.25) is 19.2 Å². The second-order valence-corrected chi connectivity index (χ2v) is 14.4. The minimum atomic E-state index is -0.581. The molecule has 0 atom stereocenters. The number of aryl methyl sites for hydroxylation is 3. The molecule has 6 N–H and O–H groups in total. The molecule has 0 radical (unpaired) electrons. The lowest BCUT2D eigenvalue weighted by atomic mass is 10.3. The fraction of sp³-hybridized carbons (Fsp3) is 0.622. The Morgan fingerprint density at radius 3 is 1.11 bits per heavy atom. The first-order valence-electron chi connectivity index (χ1n) is 22.6. The number of ether oxygens (including phenoxy) is 6. The summed E-state index contributed by atoms with van der Waals surface area (Å²) in [5, 5.41) is 6.36. The van der Waals surface area contributed by atoms with Gasteiger partial charge in [-0.05, 0) is 75.2 Å². The van der Waals surface area contributed by atoms with E-state index in [-0.39, 0.29) is 31.1 Å². The molecule has 0 saturated carbocycles. The molecule has 366 valence electrons. The third-order valence-electron chi connectivity index (χ3n) is 9.01. The Morgan fingerprint density at radius 1 is 0.462 bits per heavy atom. The predicted molar refractivity (Wildman–Crippen MR) is 242 cm³/mol. The fourth-order valence-electron chi connectivity index (χ4n) is 5.48. The van der Waals surface area contributed by atoms with E-state index in [1.807, 2.05) is 87.3 Å². The highest BCUT2D eigenvalue weighted by Gasteiger charge is 2.32. The summed E-state index contributed by atoms with van der Waals surface area (Å²) in [5.74, 6) is -1.37. The molecule has 0 aromatic carbocycles. The monoisotopic (exact) mass is 919 g/mol. The zero-order valence-electron chi connectivity index (χ0n) is 38.1. The van der Waals surface area contributed by atoms with Gasteiger partial charge in [0.25, 0.3) is 11.8 Å². The maximum absolute atomic E-state index is 11.7. The molecule has 65 heavy (non-hydrogen) atoms. The minimum Gasteiger partial charge on any atom is -0.379 e. The van der Waals surface area contributed by atoms with Crippen molar-refractivity contribution in [2.24, 2.45) is 11.5 Å². The molecule has 3 aromatic rings. The van der Waals surface area contributed by atoms with Gasteiger partial charge in [0.2, 0.25) is 11.8 Å². The molecule has 1 fully saturated rings. The van der Waals surface area contributed by atoms with Crippen LogP contribution in [0.25, 0.3) is 0 Å². The van der Waals surface area contributed by atoms with Gasteiger partial charge in [-0.25, -0.2) is 4.79 Å². The van der Waals surface area contributed by atoms with E-state index in [2.05, 4.69) is 10.6 Å². The maximum atomic E-state index is 11.7.